The molecule has 5 nitrogen and oxygen atoms in total. The highest BCUT2D eigenvalue weighted by Gasteiger charge is 2.31. The van der Waals surface area contributed by atoms with Gasteiger partial charge < -0.3 is 5.32 Å². The fourth-order valence-electron chi connectivity index (χ4n) is 2.60. The van der Waals surface area contributed by atoms with Crippen molar-refractivity contribution in [1.82, 2.24) is 10.0 Å². The maximum atomic E-state index is 12.0. The van der Waals surface area contributed by atoms with Crippen molar-refractivity contribution < 1.29 is 8.42 Å². The van der Waals surface area contributed by atoms with Gasteiger partial charge in [-0.05, 0) is 38.4 Å². The second-order valence-corrected chi connectivity index (χ2v) is 6.68. The largest absolute Gasteiger partial charge is 0.312 e. The molecule has 1 aromatic rings. The molecule has 19 heavy (non-hydrogen) atoms. The molecule has 2 N–H and O–H groups in total. The van der Waals surface area contributed by atoms with Crippen LogP contribution in [0.25, 0.3) is 0 Å². The third kappa shape index (κ3) is 2.26. The zero-order valence-electron chi connectivity index (χ0n) is 10.8. The van der Waals surface area contributed by atoms with Gasteiger partial charge in [-0.25, -0.2) is 8.42 Å². The number of amidine groups is 1. The molecule has 0 bridgehead atoms. The molecule has 2 heterocycles. The van der Waals surface area contributed by atoms with E-state index in [-0.39, 0.29) is 12.1 Å². The Hall–Kier alpha value is -1.40. The van der Waals surface area contributed by atoms with E-state index < -0.39 is 10.0 Å². The van der Waals surface area contributed by atoms with Gasteiger partial charge >= 0.3 is 0 Å². The van der Waals surface area contributed by atoms with Crippen LogP contribution in [-0.4, -0.2) is 32.9 Å². The van der Waals surface area contributed by atoms with Crippen LogP contribution < -0.4 is 10.0 Å². The van der Waals surface area contributed by atoms with Crippen molar-refractivity contribution in [3.63, 3.8) is 0 Å². The predicted octanol–water partition coefficient (Wildman–Crippen LogP) is 0.866. The van der Waals surface area contributed by atoms with Crippen molar-refractivity contribution in [2.45, 2.75) is 36.7 Å². The minimum Gasteiger partial charge on any atom is -0.312 e. The van der Waals surface area contributed by atoms with Crippen LogP contribution in [-0.2, 0) is 10.0 Å². The topological polar surface area (TPSA) is 70.6 Å². The van der Waals surface area contributed by atoms with Gasteiger partial charge in [-0.1, -0.05) is 12.1 Å². The summed E-state index contributed by atoms with van der Waals surface area (Å²) in [5.74, 6) is 0.483. The van der Waals surface area contributed by atoms with E-state index in [1.807, 2.05) is 6.07 Å². The Morgan fingerprint density at radius 1 is 1.32 bits per heavy atom. The Bertz CT molecular complexity index is 625. The highest BCUT2D eigenvalue weighted by Crippen LogP contribution is 2.23. The second kappa shape index (κ2) is 4.61. The third-order valence-corrected chi connectivity index (χ3v) is 5.07. The molecule has 0 radical (unpaired) electrons. The molecular weight excluding hydrogens is 262 g/mol. The molecule has 102 valence electrons. The first-order chi connectivity index (χ1) is 9.08. The number of rotatable bonds is 1. The average molecular weight is 279 g/mol. The summed E-state index contributed by atoms with van der Waals surface area (Å²) in [6.07, 6.45) is 2.06. The maximum Gasteiger partial charge on any atom is 0.263 e. The zero-order chi connectivity index (χ0) is 13.5. The first kappa shape index (κ1) is 12.6. The quantitative estimate of drug-likeness (QED) is 0.801. The monoisotopic (exact) mass is 279 g/mol. The highest BCUT2D eigenvalue weighted by atomic mass is 32.2. The number of aliphatic imine (C=N–C) groups is 1. The van der Waals surface area contributed by atoms with E-state index >= 15 is 0 Å². The maximum absolute atomic E-state index is 12.0. The number of benzene rings is 1. The summed E-state index contributed by atoms with van der Waals surface area (Å²) in [6.45, 7) is 3.09. The van der Waals surface area contributed by atoms with Crippen molar-refractivity contribution in [2.24, 2.45) is 4.99 Å². The van der Waals surface area contributed by atoms with Crippen molar-refractivity contribution in [1.29, 1.82) is 0 Å². The van der Waals surface area contributed by atoms with Crippen molar-refractivity contribution >= 4 is 15.9 Å². The Morgan fingerprint density at radius 2 is 2.11 bits per heavy atom. The van der Waals surface area contributed by atoms with Crippen LogP contribution in [0.4, 0.5) is 0 Å². The van der Waals surface area contributed by atoms with Gasteiger partial charge in [-0.2, -0.15) is 0 Å². The first-order valence-electron chi connectivity index (χ1n) is 6.51. The lowest BCUT2D eigenvalue weighted by atomic mass is 10.0. The zero-order valence-corrected chi connectivity index (χ0v) is 11.6. The van der Waals surface area contributed by atoms with Crippen LogP contribution in [0.2, 0.25) is 0 Å². The van der Waals surface area contributed by atoms with Gasteiger partial charge in [-0.3, -0.25) is 9.71 Å². The number of hydrogen-bond acceptors (Lipinski definition) is 4. The van der Waals surface area contributed by atoms with E-state index in [2.05, 4.69) is 22.0 Å². The molecule has 0 spiro atoms. The van der Waals surface area contributed by atoms with Crippen LogP contribution in [0.1, 0.15) is 25.3 Å². The molecule has 2 aliphatic heterocycles. The minimum absolute atomic E-state index is 0.123. The Morgan fingerprint density at radius 3 is 2.89 bits per heavy atom. The van der Waals surface area contributed by atoms with Gasteiger partial charge in [0, 0.05) is 11.6 Å². The van der Waals surface area contributed by atoms with Crippen LogP contribution in [0.15, 0.2) is 34.2 Å². The van der Waals surface area contributed by atoms with Gasteiger partial charge in [0.05, 0.1) is 10.9 Å². The SMILES string of the molecule is CC1NCCCC1N=C1NS(=O)(=O)c2ccccc21. The molecule has 0 amide bonds. The van der Waals surface area contributed by atoms with E-state index in [1.54, 1.807) is 18.2 Å². The normalized spacial score (nSPS) is 30.9. The lowest BCUT2D eigenvalue weighted by Gasteiger charge is -2.27. The fraction of sp³-hybridized carbons (Fsp3) is 0.462. The summed E-state index contributed by atoms with van der Waals surface area (Å²) in [5, 5.41) is 3.37. The van der Waals surface area contributed by atoms with Crippen molar-refractivity contribution in [3.05, 3.63) is 29.8 Å². The van der Waals surface area contributed by atoms with E-state index in [1.165, 1.54) is 0 Å². The number of nitrogens with one attached hydrogen (secondary N) is 2. The molecule has 1 fully saturated rings. The summed E-state index contributed by atoms with van der Waals surface area (Å²) < 4.78 is 26.5. The third-order valence-electron chi connectivity index (χ3n) is 3.68. The molecule has 2 aliphatic rings. The Kier molecular flexibility index (Phi) is 3.06. The fourth-order valence-corrected chi connectivity index (χ4v) is 3.84. The van der Waals surface area contributed by atoms with Crippen LogP contribution in [0, 0.1) is 0 Å². The van der Waals surface area contributed by atoms with Gasteiger partial charge in [0.25, 0.3) is 10.0 Å². The number of fused-ring (bicyclic) bond motifs is 1. The van der Waals surface area contributed by atoms with E-state index in [4.69, 9.17) is 0 Å². The van der Waals surface area contributed by atoms with Gasteiger partial charge in [0.1, 0.15) is 5.84 Å². The number of sulfonamides is 1. The van der Waals surface area contributed by atoms with Crippen LogP contribution >= 0.6 is 0 Å². The van der Waals surface area contributed by atoms with Gasteiger partial charge in [0.2, 0.25) is 0 Å². The highest BCUT2D eigenvalue weighted by molar-refractivity contribution is 7.90. The molecular formula is C13H17N3O2S. The van der Waals surface area contributed by atoms with Gasteiger partial charge in [-0.15, -0.1) is 0 Å². The summed E-state index contributed by atoms with van der Waals surface area (Å²) in [6, 6.07) is 7.37. The van der Waals surface area contributed by atoms with Gasteiger partial charge in [0.15, 0.2) is 0 Å². The summed E-state index contributed by atoms with van der Waals surface area (Å²) in [5.41, 5.74) is 0.681. The average Bonchev–Trinajstić information content (AvgIpc) is 2.65. The molecule has 0 saturated carbocycles. The number of hydrogen-bond donors (Lipinski definition) is 2. The number of piperidine rings is 1. The smallest absolute Gasteiger partial charge is 0.263 e. The molecule has 2 atom stereocenters. The Balaban J connectivity index is 1.99. The lowest BCUT2D eigenvalue weighted by molar-refractivity contribution is 0.372. The molecule has 6 heteroatoms. The van der Waals surface area contributed by atoms with E-state index in [0.717, 1.165) is 19.4 Å². The van der Waals surface area contributed by atoms with Crippen LogP contribution in [0.3, 0.4) is 0 Å². The molecule has 1 aromatic carbocycles. The summed E-state index contributed by atoms with van der Waals surface area (Å²) >= 11 is 0. The molecule has 0 aliphatic carbocycles. The molecule has 0 aromatic heterocycles. The molecule has 3 rings (SSSR count). The van der Waals surface area contributed by atoms with Crippen LogP contribution in [0.5, 0.6) is 0 Å². The van der Waals surface area contributed by atoms with Crippen molar-refractivity contribution in [2.75, 3.05) is 6.54 Å². The summed E-state index contributed by atoms with van der Waals surface area (Å²) in [7, 11) is -3.42. The minimum atomic E-state index is -3.42. The van der Waals surface area contributed by atoms with E-state index in [0.29, 0.717) is 16.3 Å². The van der Waals surface area contributed by atoms with Crippen molar-refractivity contribution in [3.8, 4) is 0 Å². The lowest BCUT2D eigenvalue weighted by Crippen LogP contribution is -2.42. The standard InChI is InChI=1S/C13H17N3O2S/c1-9-11(6-4-8-14-9)15-13-10-5-2-3-7-12(10)19(17,18)16-13/h2-3,5,7,9,11,14H,4,6,8H2,1H3,(H,15,16). The number of nitrogens with zero attached hydrogens (tertiary/aromatic N) is 1. The summed E-state index contributed by atoms with van der Waals surface area (Å²) in [4.78, 5) is 4.94. The first-order valence-corrected chi connectivity index (χ1v) is 8.00. The predicted molar refractivity (Wildman–Crippen MR) is 73.8 cm³/mol. The molecule has 2 unspecified atom stereocenters. The Labute approximate surface area is 113 Å². The second-order valence-electron chi connectivity index (χ2n) is 5.03. The molecule has 1 saturated heterocycles. The van der Waals surface area contributed by atoms with E-state index in [9.17, 15) is 8.42 Å².